The number of hydrogen-bond acceptors (Lipinski definition) is 3. The van der Waals surface area contributed by atoms with Crippen LogP contribution in [0.2, 0.25) is 0 Å². The number of nitrogens with two attached hydrogens (primary N) is 1. The lowest BCUT2D eigenvalue weighted by Gasteiger charge is -2.39. The first kappa shape index (κ1) is 11.9. The summed E-state index contributed by atoms with van der Waals surface area (Å²) in [6, 6.07) is 8.49. The van der Waals surface area contributed by atoms with Crippen molar-refractivity contribution >= 4 is 24.2 Å². The Bertz CT molecular complexity index is 313. The van der Waals surface area contributed by atoms with Crippen molar-refractivity contribution in [3.8, 4) is 0 Å². The molecule has 0 aliphatic carbocycles. The summed E-state index contributed by atoms with van der Waals surface area (Å²) in [5, 5.41) is 3.21. The molecule has 1 saturated heterocycles. The van der Waals surface area contributed by atoms with Crippen LogP contribution < -0.4 is 11.1 Å². The molecule has 0 amide bonds. The van der Waals surface area contributed by atoms with Crippen molar-refractivity contribution in [2.24, 2.45) is 5.73 Å². The smallest absolute Gasteiger partial charge is 0.0662 e. The number of hydrogen-bond donors (Lipinski definition) is 2. The molecular formula is C10H15ClN2S. The molecule has 1 heterocycles. The topological polar surface area (TPSA) is 38.0 Å². The molecule has 0 radical (unpaired) electrons. The van der Waals surface area contributed by atoms with Crippen molar-refractivity contribution in [1.29, 1.82) is 0 Å². The van der Waals surface area contributed by atoms with Gasteiger partial charge in [0.25, 0.3) is 0 Å². The van der Waals surface area contributed by atoms with Crippen LogP contribution in [0.1, 0.15) is 5.56 Å². The second-order valence-electron chi connectivity index (χ2n) is 3.49. The molecule has 2 rings (SSSR count). The molecule has 1 aromatic rings. The minimum atomic E-state index is -0.119. The normalized spacial score (nSPS) is 18.1. The highest BCUT2D eigenvalue weighted by Gasteiger charge is 2.34. The van der Waals surface area contributed by atoms with E-state index in [1.54, 1.807) is 11.8 Å². The Hall–Kier alpha value is -0.220. The van der Waals surface area contributed by atoms with Gasteiger partial charge in [0.15, 0.2) is 0 Å². The number of nitrogens with one attached hydrogen (secondary N) is 1. The van der Waals surface area contributed by atoms with E-state index in [-0.39, 0.29) is 17.9 Å². The average Bonchev–Trinajstić information content (AvgIpc) is 2.14. The Morgan fingerprint density at radius 3 is 2.64 bits per heavy atom. The molecule has 78 valence electrons. The van der Waals surface area contributed by atoms with Gasteiger partial charge in [-0.2, -0.15) is 0 Å². The van der Waals surface area contributed by atoms with Crippen LogP contribution in [0.15, 0.2) is 29.2 Å². The van der Waals surface area contributed by atoms with E-state index in [0.29, 0.717) is 0 Å². The number of rotatable bonds is 2. The highest BCUT2D eigenvalue weighted by atomic mass is 35.5. The predicted octanol–water partition coefficient (Wildman–Crippen LogP) is 1.59. The van der Waals surface area contributed by atoms with Gasteiger partial charge in [0, 0.05) is 18.0 Å². The van der Waals surface area contributed by atoms with Crippen molar-refractivity contribution in [3.05, 3.63) is 29.8 Å². The van der Waals surface area contributed by atoms with Gasteiger partial charge >= 0.3 is 0 Å². The molecule has 0 aromatic heterocycles. The standard InChI is InChI=1S/C10H14N2S.ClH/c1-13-9-4-2-3-8(5-9)10(11)6-12-7-10;/h2-5,12H,6-7,11H2,1H3;1H. The Balaban J connectivity index is 0.000000980. The third-order valence-corrected chi connectivity index (χ3v) is 3.25. The van der Waals surface area contributed by atoms with Gasteiger partial charge in [-0.15, -0.1) is 24.2 Å². The van der Waals surface area contributed by atoms with Crippen molar-refractivity contribution in [1.82, 2.24) is 5.32 Å². The average molecular weight is 231 g/mol. The van der Waals surface area contributed by atoms with Gasteiger partial charge in [0.2, 0.25) is 0 Å². The van der Waals surface area contributed by atoms with Gasteiger partial charge < -0.3 is 11.1 Å². The van der Waals surface area contributed by atoms with Crippen molar-refractivity contribution < 1.29 is 0 Å². The fourth-order valence-electron chi connectivity index (χ4n) is 1.53. The fourth-order valence-corrected chi connectivity index (χ4v) is 1.99. The Kier molecular flexibility index (Phi) is 3.84. The molecule has 1 aromatic carbocycles. The van der Waals surface area contributed by atoms with Crippen LogP contribution in [0.3, 0.4) is 0 Å². The van der Waals surface area contributed by atoms with Crippen molar-refractivity contribution in [3.63, 3.8) is 0 Å². The van der Waals surface area contributed by atoms with Crippen LogP contribution in [0, 0.1) is 0 Å². The van der Waals surface area contributed by atoms with E-state index in [4.69, 9.17) is 5.73 Å². The Morgan fingerprint density at radius 1 is 1.43 bits per heavy atom. The molecule has 1 aliphatic heterocycles. The van der Waals surface area contributed by atoms with E-state index in [9.17, 15) is 0 Å². The van der Waals surface area contributed by atoms with Crippen LogP contribution in [0.5, 0.6) is 0 Å². The van der Waals surface area contributed by atoms with Crippen LogP contribution in [0.4, 0.5) is 0 Å². The van der Waals surface area contributed by atoms with E-state index in [2.05, 4.69) is 35.8 Å². The second kappa shape index (κ2) is 4.53. The first-order valence-corrected chi connectivity index (χ1v) is 5.61. The maximum atomic E-state index is 6.18. The Morgan fingerprint density at radius 2 is 2.14 bits per heavy atom. The maximum Gasteiger partial charge on any atom is 0.0662 e. The zero-order valence-corrected chi connectivity index (χ0v) is 9.75. The summed E-state index contributed by atoms with van der Waals surface area (Å²) < 4.78 is 0. The summed E-state index contributed by atoms with van der Waals surface area (Å²) in [5.41, 5.74) is 7.30. The van der Waals surface area contributed by atoms with Gasteiger partial charge in [-0.05, 0) is 24.0 Å². The molecule has 1 fully saturated rings. The molecular weight excluding hydrogens is 216 g/mol. The van der Waals surface area contributed by atoms with Gasteiger partial charge in [-0.1, -0.05) is 12.1 Å². The van der Waals surface area contributed by atoms with E-state index in [1.165, 1.54) is 10.5 Å². The molecule has 0 bridgehead atoms. The lowest BCUT2D eigenvalue weighted by Crippen LogP contribution is -2.62. The summed E-state index contributed by atoms with van der Waals surface area (Å²) in [4.78, 5) is 1.29. The van der Waals surface area contributed by atoms with Crippen LogP contribution in [-0.4, -0.2) is 19.3 Å². The molecule has 14 heavy (non-hydrogen) atoms. The Labute approximate surface area is 95.1 Å². The monoisotopic (exact) mass is 230 g/mol. The highest BCUT2D eigenvalue weighted by molar-refractivity contribution is 7.98. The number of benzene rings is 1. The summed E-state index contributed by atoms with van der Waals surface area (Å²) in [5.74, 6) is 0. The zero-order valence-electron chi connectivity index (χ0n) is 8.12. The molecule has 3 N–H and O–H groups in total. The van der Waals surface area contributed by atoms with Gasteiger partial charge in [-0.3, -0.25) is 0 Å². The fraction of sp³-hybridized carbons (Fsp3) is 0.400. The molecule has 0 saturated carbocycles. The van der Waals surface area contributed by atoms with Crippen molar-refractivity contribution in [2.75, 3.05) is 19.3 Å². The highest BCUT2D eigenvalue weighted by Crippen LogP contribution is 2.25. The lowest BCUT2D eigenvalue weighted by atomic mass is 9.85. The summed E-state index contributed by atoms with van der Waals surface area (Å²) in [7, 11) is 0. The largest absolute Gasteiger partial charge is 0.319 e. The molecule has 1 aliphatic rings. The lowest BCUT2D eigenvalue weighted by molar-refractivity contribution is 0.287. The first-order chi connectivity index (χ1) is 6.24. The van der Waals surface area contributed by atoms with E-state index < -0.39 is 0 Å². The summed E-state index contributed by atoms with van der Waals surface area (Å²) in [6.07, 6.45) is 2.08. The number of thioether (sulfide) groups is 1. The molecule has 2 nitrogen and oxygen atoms in total. The maximum absolute atomic E-state index is 6.18. The quantitative estimate of drug-likeness (QED) is 0.758. The minimum absolute atomic E-state index is 0. The molecule has 4 heteroatoms. The summed E-state index contributed by atoms with van der Waals surface area (Å²) >= 11 is 1.76. The van der Waals surface area contributed by atoms with Crippen LogP contribution in [0.25, 0.3) is 0 Å². The minimum Gasteiger partial charge on any atom is -0.319 e. The second-order valence-corrected chi connectivity index (χ2v) is 4.37. The van der Waals surface area contributed by atoms with Gasteiger partial charge in [-0.25, -0.2) is 0 Å². The van der Waals surface area contributed by atoms with E-state index in [1.807, 2.05) is 0 Å². The van der Waals surface area contributed by atoms with Gasteiger partial charge in [0.05, 0.1) is 5.54 Å². The third-order valence-electron chi connectivity index (χ3n) is 2.53. The van der Waals surface area contributed by atoms with Crippen molar-refractivity contribution in [2.45, 2.75) is 10.4 Å². The van der Waals surface area contributed by atoms with Gasteiger partial charge in [0.1, 0.15) is 0 Å². The zero-order chi connectivity index (χ0) is 9.31. The molecule has 0 atom stereocenters. The summed E-state index contributed by atoms with van der Waals surface area (Å²) in [6.45, 7) is 1.79. The molecule has 0 spiro atoms. The first-order valence-electron chi connectivity index (χ1n) is 4.39. The molecule has 0 unspecified atom stereocenters. The van der Waals surface area contributed by atoms with Crippen LogP contribution in [-0.2, 0) is 5.54 Å². The predicted molar refractivity (Wildman–Crippen MR) is 64.2 cm³/mol. The van der Waals surface area contributed by atoms with Crippen LogP contribution >= 0.6 is 24.2 Å². The van der Waals surface area contributed by atoms with E-state index >= 15 is 0 Å². The SMILES string of the molecule is CSc1cccc(C2(N)CNC2)c1.Cl. The third kappa shape index (κ3) is 2.06. The number of halogens is 1. The van der Waals surface area contributed by atoms with E-state index in [0.717, 1.165) is 13.1 Å².